The maximum atomic E-state index is 5.27. The molecular formula is C16H26N2O. The van der Waals surface area contributed by atoms with Crippen LogP contribution in [0.1, 0.15) is 25.8 Å². The lowest BCUT2D eigenvalue weighted by atomic mass is 9.93. The molecule has 2 rings (SSSR count). The van der Waals surface area contributed by atoms with E-state index in [0.717, 1.165) is 6.54 Å². The Kier molecular flexibility index (Phi) is 5.23. The number of nitrogens with zero attached hydrogens (tertiary/aromatic N) is 1. The molecule has 0 aliphatic carbocycles. The Morgan fingerprint density at radius 2 is 2.16 bits per heavy atom. The smallest absolute Gasteiger partial charge is 0.0733 e. The molecule has 1 N–H and O–H groups in total. The molecule has 1 aliphatic heterocycles. The number of para-hydroxylation sites is 1. The van der Waals surface area contributed by atoms with Gasteiger partial charge >= 0.3 is 0 Å². The summed E-state index contributed by atoms with van der Waals surface area (Å²) in [6.45, 7) is 8.82. The molecule has 1 aliphatic rings. The zero-order valence-corrected chi connectivity index (χ0v) is 12.4. The van der Waals surface area contributed by atoms with Crippen LogP contribution in [-0.4, -0.2) is 37.7 Å². The highest BCUT2D eigenvalue weighted by molar-refractivity contribution is 5.51. The second-order valence-electron chi connectivity index (χ2n) is 5.50. The van der Waals surface area contributed by atoms with Crippen LogP contribution in [0, 0.1) is 5.92 Å². The molecule has 1 saturated heterocycles. The van der Waals surface area contributed by atoms with Crippen molar-refractivity contribution in [2.24, 2.45) is 5.92 Å². The van der Waals surface area contributed by atoms with Crippen LogP contribution in [0.5, 0.6) is 0 Å². The molecular weight excluding hydrogens is 236 g/mol. The minimum atomic E-state index is 0.570. The van der Waals surface area contributed by atoms with E-state index in [0.29, 0.717) is 18.6 Å². The van der Waals surface area contributed by atoms with E-state index in [2.05, 4.69) is 48.3 Å². The van der Waals surface area contributed by atoms with E-state index in [9.17, 15) is 0 Å². The van der Waals surface area contributed by atoms with Crippen LogP contribution in [-0.2, 0) is 11.3 Å². The summed E-state index contributed by atoms with van der Waals surface area (Å²) < 4.78 is 5.27. The molecule has 0 spiro atoms. The molecule has 1 aromatic rings. The normalized spacial score (nSPS) is 24.4. The molecule has 0 radical (unpaired) electrons. The number of nitrogens with one attached hydrogen (secondary N) is 1. The van der Waals surface area contributed by atoms with E-state index in [-0.39, 0.29) is 0 Å². The van der Waals surface area contributed by atoms with Gasteiger partial charge in [-0.1, -0.05) is 32.0 Å². The van der Waals surface area contributed by atoms with Crippen molar-refractivity contribution in [1.82, 2.24) is 4.90 Å². The molecule has 0 unspecified atom stereocenters. The summed E-state index contributed by atoms with van der Waals surface area (Å²) >= 11 is 0. The quantitative estimate of drug-likeness (QED) is 0.883. The van der Waals surface area contributed by atoms with Gasteiger partial charge in [0, 0.05) is 37.5 Å². The van der Waals surface area contributed by atoms with Gasteiger partial charge in [0.15, 0.2) is 0 Å². The van der Waals surface area contributed by atoms with E-state index in [1.54, 1.807) is 7.11 Å². The first-order valence-corrected chi connectivity index (χ1v) is 7.30. The van der Waals surface area contributed by atoms with Crippen LogP contribution in [0.4, 0.5) is 5.69 Å². The number of likely N-dealkylation sites (tertiary alicyclic amines) is 1. The number of hydrogen-bond donors (Lipinski definition) is 1. The van der Waals surface area contributed by atoms with Crippen molar-refractivity contribution in [2.45, 2.75) is 32.9 Å². The van der Waals surface area contributed by atoms with Gasteiger partial charge in [-0.2, -0.15) is 0 Å². The Bertz CT molecular complexity index is 394. The number of anilines is 1. The summed E-state index contributed by atoms with van der Waals surface area (Å²) in [5, 5.41) is 3.72. The van der Waals surface area contributed by atoms with Crippen LogP contribution in [0.3, 0.4) is 0 Å². The zero-order chi connectivity index (χ0) is 13.7. The number of benzene rings is 1. The minimum absolute atomic E-state index is 0.570. The van der Waals surface area contributed by atoms with Crippen LogP contribution >= 0.6 is 0 Å². The summed E-state index contributed by atoms with van der Waals surface area (Å²) in [6.07, 6.45) is 1.22. The summed E-state index contributed by atoms with van der Waals surface area (Å²) in [7, 11) is 1.75. The fraction of sp³-hybridized carbons (Fsp3) is 0.625. The van der Waals surface area contributed by atoms with Crippen molar-refractivity contribution in [3.05, 3.63) is 29.8 Å². The lowest BCUT2D eigenvalue weighted by Gasteiger charge is -2.37. The highest BCUT2D eigenvalue weighted by Gasteiger charge is 2.25. The van der Waals surface area contributed by atoms with E-state index in [1.165, 1.54) is 30.8 Å². The van der Waals surface area contributed by atoms with Crippen LogP contribution in [0.25, 0.3) is 0 Å². The molecule has 106 valence electrons. The highest BCUT2D eigenvalue weighted by atomic mass is 16.5. The lowest BCUT2D eigenvalue weighted by Crippen LogP contribution is -2.45. The largest absolute Gasteiger partial charge is 0.382 e. The van der Waals surface area contributed by atoms with Crippen molar-refractivity contribution >= 4 is 5.69 Å². The topological polar surface area (TPSA) is 24.5 Å². The Morgan fingerprint density at radius 1 is 1.37 bits per heavy atom. The third-order valence-electron chi connectivity index (χ3n) is 4.09. The first kappa shape index (κ1) is 14.4. The molecule has 2 atom stereocenters. The Morgan fingerprint density at radius 3 is 2.84 bits per heavy atom. The Labute approximate surface area is 116 Å². The number of hydrogen-bond acceptors (Lipinski definition) is 3. The molecule has 3 heteroatoms. The van der Waals surface area contributed by atoms with Crippen molar-refractivity contribution in [2.75, 3.05) is 32.1 Å². The molecule has 19 heavy (non-hydrogen) atoms. The van der Waals surface area contributed by atoms with Crippen LogP contribution in [0.2, 0.25) is 0 Å². The van der Waals surface area contributed by atoms with Gasteiger partial charge in [0.25, 0.3) is 0 Å². The third kappa shape index (κ3) is 3.71. The minimum Gasteiger partial charge on any atom is -0.382 e. The molecule has 1 heterocycles. The molecule has 0 bridgehead atoms. The Hall–Kier alpha value is -1.06. The highest BCUT2D eigenvalue weighted by Crippen LogP contribution is 2.23. The van der Waals surface area contributed by atoms with Gasteiger partial charge in [0.2, 0.25) is 0 Å². The maximum absolute atomic E-state index is 5.27. The molecule has 1 fully saturated rings. The monoisotopic (exact) mass is 262 g/mol. The maximum Gasteiger partial charge on any atom is 0.0733 e. The number of rotatable bonds is 5. The van der Waals surface area contributed by atoms with Gasteiger partial charge in [-0.25, -0.2) is 0 Å². The standard InChI is InChI=1S/C16H26N2O/c1-4-18-10-9-15(13(2)11-18)17-16-8-6-5-7-14(16)12-19-3/h5-8,13,15,17H,4,9-12H2,1-3H3/t13-,15-/m0/s1. The van der Waals surface area contributed by atoms with Crippen molar-refractivity contribution < 1.29 is 4.74 Å². The molecule has 0 amide bonds. The second-order valence-corrected chi connectivity index (χ2v) is 5.50. The lowest BCUT2D eigenvalue weighted by molar-refractivity contribution is 0.178. The SMILES string of the molecule is CCN1CC[C@H](Nc2ccccc2COC)[C@@H](C)C1. The molecule has 3 nitrogen and oxygen atoms in total. The summed E-state index contributed by atoms with van der Waals surface area (Å²) in [5.41, 5.74) is 2.47. The fourth-order valence-electron chi connectivity index (χ4n) is 2.88. The van der Waals surface area contributed by atoms with Crippen molar-refractivity contribution in [3.8, 4) is 0 Å². The number of piperidine rings is 1. The fourth-order valence-corrected chi connectivity index (χ4v) is 2.88. The van der Waals surface area contributed by atoms with Crippen molar-refractivity contribution in [3.63, 3.8) is 0 Å². The first-order chi connectivity index (χ1) is 9.24. The number of ether oxygens (including phenoxy) is 1. The number of methoxy groups -OCH3 is 1. The van der Waals surface area contributed by atoms with Gasteiger partial charge in [0.1, 0.15) is 0 Å². The first-order valence-electron chi connectivity index (χ1n) is 7.30. The molecule has 1 aromatic carbocycles. The van der Waals surface area contributed by atoms with Gasteiger partial charge in [-0.15, -0.1) is 0 Å². The zero-order valence-electron chi connectivity index (χ0n) is 12.4. The second kappa shape index (κ2) is 6.92. The molecule has 0 aromatic heterocycles. The van der Waals surface area contributed by atoms with E-state index < -0.39 is 0 Å². The predicted octanol–water partition coefficient (Wildman–Crippen LogP) is 2.98. The average molecular weight is 262 g/mol. The van der Waals surface area contributed by atoms with Gasteiger partial charge in [-0.3, -0.25) is 0 Å². The Balaban J connectivity index is 2.01. The average Bonchev–Trinajstić information content (AvgIpc) is 2.43. The summed E-state index contributed by atoms with van der Waals surface area (Å²) in [5.74, 6) is 0.685. The van der Waals surface area contributed by atoms with Gasteiger partial charge in [0.05, 0.1) is 6.61 Å². The van der Waals surface area contributed by atoms with Gasteiger partial charge in [-0.05, 0) is 24.9 Å². The van der Waals surface area contributed by atoms with Gasteiger partial charge < -0.3 is 15.0 Å². The van der Waals surface area contributed by atoms with E-state index in [4.69, 9.17) is 4.74 Å². The van der Waals surface area contributed by atoms with E-state index >= 15 is 0 Å². The van der Waals surface area contributed by atoms with E-state index in [1.807, 2.05) is 0 Å². The summed E-state index contributed by atoms with van der Waals surface area (Å²) in [6, 6.07) is 9.03. The van der Waals surface area contributed by atoms with Crippen molar-refractivity contribution in [1.29, 1.82) is 0 Å². The predicted molar refractivity (Wildman–Crippen MR) is 80.5 cm³/mol. The van der Waals surface area contributed by atoms with Crippen LogP contribution in [0.15, 0.2) is 24.3 Å². The van der Waals surface area contributed by atoms with Crippen LogP contribution < -0.4 is 5.32 Å². The summed E-state index contributed by atoms with van der Waals surface area (Å²) in [4.78, 5) is 2.53. The molecule has 0 saturated carbocycles. The third-order valence-corrected chi connectivity index (χ3v) is 4.09.